The number of benzene rings is 3. The molecule has 1 N–H and O–H groups in total. The van der Waals surface area contributed by atoms with Gasteiger partial charge in [-0.3, -0.25) is 19.3 Å². The second kappa shape index (κ2) is 7.08. The third-order valence-corrected chi connectivity index (χ3v) is 4.54. The van der Waals surface area contributed by atoms with Gasteiger partial charge in [0.1, 0.15) is 5.82 Å². The van der Waals surface area contributed by atoms with Gasteiger partial charge in [-0.15, -0.1) is 0 Å². The molecule has 1 heterocycles. The van der Waals surface area contributed by atoms with Crippen LogP contribution in [0.3, 0.4) is 0 Å². The fourth-order valence-corrected chi connectivity index (χ4v) is 3.10. The van der Waals surface area contributed by atoms with Gasteiger partial charge in [0.25, 0.3) is 17.7 Å². The molecule has 0 saturated heterocycles. The number of hydrogen-bond acceptors (Lipinski definition) is 3. The molecule has 0 spiro atoms. The first kappa shape index (κ1) is 17.6. The van der Waals surface area contributed by atoms with E-state index < -0.39 is 23.5 Å². The van der Waals surface area contributed by atoms with E-state index in [0.29, 0.717) is 0 Å². The maximum atomic E-state index is 13.7. The summed E-state index contributed by atoms with van der Waals surface area (Å²) in [7, 11) is 0. The number of carbonyl (C=O) groups excluding carboxylic acids is 3. The molecule has 0 aromatic heterocycles. The number of rotatable bonds is 4. The molecule has 3 aromatic rings. The van der Waals surface area contributed by atoms with Gasteiger partial charge in [0.05, 0.1) is 23.4 Å². The second-order valence-electron chi connectivity index (χ2n) is 6.38. The number of imide groups is 1. The number of hydrogen-bond donors (Lipinski definition) is 1. The lowest BCUT2D eigenvalue weighted by Crippen LogP contribution is -2.29. The third kappa shape index (κ3) is 3.16. The van der Waals surface area contributed by atoms with E-state index in [1.165, 1.54) is 36.4 Å². The smallest absolute Gasteiger partial charge is 0.261 e. The standard InChI is InChI=1S/C22H15FN2O3/c23-18-8-4-5-9-19(18)24-20(26)15-10-11-16-17(12-15)22(28)25(21(16)27)13-14-6-2-1-3-7-14/h1-12H,13H2,(H,24,26). The first-order valence-corrected chi connectivity index (χ1v) is 8.64. The second-order valence-corrected chi connectivity index (χ2v) is 6.38. The minimum atomic E-state index is -0.561. The fourth-order valence-electron chi connectivity index (χ4n) is 3.10. The van der Waals surface area contributed by atoms with Crippen LogP contribution in [0.5, 0.6) is 0 Å². The molecule has 0 fully saturated rings. The summed E-state index contributed by atoms with van der Waals surface area (Å²) in [6.07, 6.45) is 0. The highest BCUT2D eigenvalue weighted by Crippen LogP contribution is 2.26. The van der Waals surface area contributed by atoms with Gasteiger partial charge in [0, 0.05) is 5.56 Å². The predicted octanol–water partition coefficient (Wildman–Crippen LogP) is 3.87. The Balaban J connectivity index is 1.58. The lowest BCUT2D eigenvalue weighted by molar-refractivity contribution is 0.0642. The number of carbonyl (C=O) groups is 3. The average Bonchev–Trinajstić information content (AvgIpc) is 2.95. The quantitative estimate of drug-likeness (QED) is 0.705. The number of halogens is 1. The number of para-hydroxylation sites is 1. The SMILES string of the molecule is O=C(Nc1ccccc1F)c1ccc2c(c1)C(=O)N(Cc1ccccc1)C2=O. The van der Waals surface area contributed by atoms with E-state index in [1.54, 1.807) is 6.07 Å². The third-order valence-electron chi connectivity index (χ3n) is 4.54. The van der Waals surface area contributed by atoms with Gasteiger partial charge < -0.3 is 5.32 Å². The highest BCUT2D eigenvalue weighted by atomic mass is 19.1. The molecule has 3 aromatic carbocycles. The van der Waals surface area contributed by atoms with E-state index in [9.17, 15) is 18.8 Å². The van der Waals surface area contributed by atoms with Gasteiger partial charge in [-0.25, -0.2) is 4.39 Å². The topological polar surface area (TPSA) is 66.5 Å². The van der Waals surface area contributed by atoms with Crippen molar-refractivity contribution in [2.45, 2.75) is 6.54 Å². The lowest BCUT2D eigenvalue weighted by atomic mass is 10.1. The van der Waals surface area contributed by atoms with Gasteiger partial charge in [0.2, 0.25) is 0 Å². The maximum absolute atomic E-state index is 13.7. The van der Waals surface area contributed by atoms with Crippen LogP contribution < -0.4 is 5.32 Å². The van der Waals surface area contributed by atoms with E-state index in [2.05, 4.69) is 5.32 Å². The number of anilines is 1. The van der Waals surface area contributed by atoms with E-state index in [-0.39, 0.29) is 28.9 Å². The zero-order valence-corrected chi connectivity index (χ0v) is 14.7. The number of nitrogens with one attached hydrogen (secondary N) is 1. The van der Waals surface area contributed by atoms with Crippen molar-refractivity contribution in [1.82, 2.24) is 4.90 Å². The van der Waals surface area contributed by atoms with Crippen LogP contribution in [0.4, 0.5) is 10.1 Å². The van der Waals surface area contributed by atoms with Crippen molar-refractivity contribution >= 4 is 23.4 Å². The molecular formula is C22H15FN2O3. The summed E-state index contributed by atoms with van der Waals surface area (Å²) in [5, 5.41) is 2.47. The summed E-state index contributed by atoms with van der Waals surface area (Å²) in [5.74, 6) is -1.97. The normalized spacial score (nSPS) is 12.8. The zero-order valence-electron chi connectivity index (χ0n) is 14.7. The largest absolute Gasteiger partial charge is 0.319 e. The Morgan fingerprint density at radius 1 is 0.857 bits per heavy atom. The minimum absolute atomic E-state index is 0.0427. The van der Waals surface area contributed by atoms with Crippen molar-refractivity contribution in [3.63, 3.8) is 0 Å². The molecule has 28 heavy (non-hydrogen) atoms. The fraction of sp³-hybridized carbons (Fsp3) is 0.0455. The van der Waals surface area contributed by atoms with E-state index >= 15 is 0 Å². The van der Waals surface area contributed by atoms with Crippen LogP contribution >= 0.6 is 0 Å². The van der Waals surface area contributed by atoms with Crippen LogP contribution in [0.1, 0.15) is 36.6 Å². The van der Waals surface area contributed by atoms with Crippen LogP contribution in [0.15, 0.2) is 72.8 Å². The summed E-state index contributed by atoms with van der Waals surface area (Å²) in [6, 6.07) is 19.3. The first-order chi connectivity index (χ1) is 13.5. The van der Waals surface area contributed by atoms with Crippen LogP contribution in [-0.4, -0.2) is 22.6 Å². The van der Waals surface area contributed by atoms with Crippen molar-refractivity contribution in [2.24, 2.45) is 0 Å². The van der Waals surface area contributed by atoms with Crippen molar-refractivity contribution in [3.05, 3.63) is 101 Å². The molecule has 0 aliphatic carbocycles. The average molecular weight is 374 g/mol. The Morgan fingerprint density at radius 3 is 2.29 bits per heavy atom. The monoisotopic (exact) mass is 374 g/mol. The molecule has 138 valence electrons. The molecule has 1 aliphatic rings. The molecule has 4 rings (SSSR count). The number of nitrogens with zero attached hydrogens (tertiary/aromatic N) is 1. The zero-order chi connectivity index (χ0) is 19.7. The van der Waals surface area contributed by atoms with Crippen LogP contribution in [-0.2, 0) is 6.54 Å². The van der Waals surface area contributed by atoms with Crippen LogP contribution in [0.2, 0.25) is 0 Å². The Labute approximate surface area is 160 Å². The number of fused-ring (bicyclic) bond motifs is 1. The van der Waals surface area contributed by atoms with Crippen LogP contribution in [0.25, 0.3) is 0 Å². The molecule has 0 saturated carbocycles. The van der Waals surface area contributed by atoms with E-state index in [4.69, 9.17) is 0 Å². The van der Waals surface area contributed by atoms with Crippen molar-refractivity contribution < 1.29 is 18.8 Å². The van der Waals surface area contributed by atoms with Gasteiger partial charge in [-0.1, -0.05) is 42.5 Å². The Kier molecular flexibility index (Phi) is 4.45. The molecule has 3 amide bonds. The molecule has 1 aliphatic heterocycles. The van der Waals surface area contributed by atoms with Gasteiger partial charge in [-0.2, -0.15) is 0 Å². The summed E-state index contributed by atoms with van der Waals surface area (Å²) >= 11 is 0. The van der Waals surface area contributed by atoms with E-state index in [1.807, 2.05) is 30.3 Å². The molecule has 6 heteroatoms. The van der Waals surface area contributed by atoms with E-state index in [0.717, 1.165) is 10.5 Å². The lowest BCUT2D eigenvalue weighted by Gasteiger charge is -2.13. The molecule has 5 nitrogen and oxygen atoms in total. The highest BCUT2D eigenvalue weighted by Gasteiger charge is 2.36. The summed E-state index contributed by atoms with van der Waals surface area (Å²) < 4.78 is 13.7. The highest BCUT2D eigenvalue weighted by molar-refractivity contribution is 6.22. The molecule has 0 unspecified atom stereocenters. The Morgan fingerprint density at radius 2 is 1.54 bits per heavy atom. The Bertz CT molecular complexity index is 1100. The molecule has 0 bridgehead atoms. The van der Waals surface area contributed by atoms with Gasteiger partial charge in [0.15, 0.2) is 0 Å². The maximum Gasteiger partial charge on any atom is 0.261 e. The molecular weight excluding hydrogens is 359 g/mol. The minimum Gasteiger partial charge on any atom is -0.319 e. The van der Waals surface area contributed by atoms with Crippen molar-refractivity contribution in [1.29, 1.82) is 0 Å². The van der Waals surface area contributed by atoms with Gasteiger partial charge in [-0.05, 0) is 35.9 Å². The van der Waals surface area contributed by atoms with Crippen LogP contribution in [0, 0.1) is 5.82 Å². The van der Waals surface area contributed by atoms with Gasteiger partial charge >= 0.3 is 0 Å². The summed E-state index contributed by atoms with van der Waals surface area (Å²) in [4.78, 5) is 38.9. The molecule has 0 radical (unpaired) electrons. The number of amides is 3. The summed E-state index contributed by atoms with van der Waals surface area (Å²) in [5.41, 5.74) is 1.46. The predicted molar refractivity (Wildman–Crippen MR) is 101 cm³/mol. The Hall–Kier alpha value is -3.80. The molecule has 0 atom stereocenters. The van der Waals surface area contributed by atoms with Crippen molar-refractivity contribution in [2.75, 3.05) is 5.32 Å². The summed E-state index contributed by atoms with van der Waals surface area (Å²) in [6.45, 7) is 0.157. The van der Waals surface area contributed by atoms with Crippen molar-refractivity contribution in [3.8, 4) is 0 Å². The first-order valence-electron chi connectivity index (χ1n) is 8.64.